The van der Waals surface area contributed by atoms with Gasteiger partial charge in [-0.3, -0.25) is 4.79 Å². The van der Waals surface area contributed by atoms with Gasteiger partial charge in [0.25, 0.3) is 0 Å². The second-order valence-corrected chi connectivity index (χ2v) is 6.11. The smallest absolute Gasteiger partial charge is 0.302 e. The number of carbonyl (C=O) groups is 1. The summed E-state index contributed by atoms with van der Waals surface area (Å²) in [6, 6.07) is 7.33. The van der Waals surface area contributed by atoms with Crippen molar-refractivity contribution in [2.45, 2.75) is 39.4 Å². The number of ether oxygens (including phenoxy) is 3. The molecule has 1 atom stereocenters. The SMILES string of the molecule is CC(=O)OCC(OCCOC(C)(C)C)c1cccc(Cl)c1. The van der Waals surface area contributed by atoms with Crippen molar-refractivity contribution >= 4 is 17.6 Å². The molecular formula is C16H23ClO4. The third-order valence-electron chi connectivity index (χ3n) is 2.60. The number of hydrogen-bond acceptors (Lipinski definition) is 4. The van der Waals surface area contributed by atoms with E-state index in [9.17, 15) is 4.79 Å². The summed E-state index contributed by atoms with van der Waals surface area (Å²) in [4.78, 5) is 11.0. The van der Waals surface area contributed by atoms with E-state index < -0.39 is 0 Å². The Kier molecular flexibility index (Phi) is 7.15. The average Bonchev–Trinajstić information content (AvgIpc) is 2.36. The molecule has 0 saturated carbocycles. The van der Waals surface area contributed by atoms with E-state index in [4.69, 9.17) is 25.8 Å². The molecule has 5 heteroatoms. The van der Waals surface area contributed by atoms with E-state index in [2.05, 4.69) is 0 Å². The molecule has 0 heterocycles. The lowest BCUT2D eigenvalue weighted by Gasteiger charge is -2.22. The maximum atomic E-state index is 11.0. The lowest BCUT2D eigenvalue weighted by atomic mass is 10.1. The molecule has 0 fully saturated rings. The van der Waals surface area contributed by atoms with Gasteiger partial charge in [-0.25, -0.2) is 0 Å². The van der Waals surface area contributed by atoms with Crippen molar-refractivity contribution in [1.82, 2.24) is 0 Å². The van der Waals surface area contributed by atoms with Gasteiger partial charge in [-0.1, -0.05) is 23.7 Å². The first-order chi connectivity index (χ1) is 9.78. The highest BCUT2D eigenvalue weighted by Crippen LogP contribution is 2.21. The number of carbonyl (C=O) groups excluding carboxylic acids is 1. The van der Waals surface area contributed by atoms with E-state index in [0.29, 0.717) is 18.2 Å². The van der Waals surface area contributed by atoms with Crippen molar-refractivity contribution < 1.29 is 19.0 Å². The first-order valence-electron chi connectivity index (χ1n) is 6.92. The predicted octanol–water partition coefficient (Wildman–Crippen LogP) is 3.78. The number of esters is 1. The van der Waals surface area contributed by atoms with Gasteiger partial charge in [-0.15, -0.1) is 0 Å². The topological polar surface area (TPSA) is 44.8 Å². The summed E-state index contributed by atoms with van der Waals surface area (Å²) < 4.78 is 16.4. The molecule has 1 aromatic carbocycles. The molecule has 0 aliphatic rings. The normalized spacial score (nSPS) is 13.0. The van der Waals surface area contributed by atoms with Crippen LogP contribution in [0, 0.1) is 0 Å². The Morgan fingerprint density at radius 1 is 1.29 bits per heavy atom. The van der Waals surface area contributed by atoms with Gasteiger partial charge < -0.3 is 14.2 Å². The molecule has 21 heavy (non-hydrogen) atoms. The van der Waals surface area contributed by atoms with Crippen molar-refractivity contribution in [3.63, 3.8) is 0 Å². The summed E-state index contributed by atoms with van der Waals surface area (Å²) in [5, 5.41) is 0.620. The number of benzene rings is 1. The fourth-order valence-electron chi connectivity index (χ4n) is 1.68. The Morgan fingerprint density at radius 2 is 2.00 bits per heavy atom. The van der Waals surface area contributed by atoms with Crippen LogP contribution in [0.1, 0.15) is 39.4 Å². The van der Waals surface area contributed by atoms with Crippen molar-refractivity contribution in [3.8, 4) is 0 Å². The Hall–Kier alpha value is -1.10. The first kappa shape index (κ1) is 18.0. The monoisotopic (exact) mass is 314 g/mol. The molecule has 1 aromatic rings. The number of hydrogen-bond donors (Lipinski definition) is 0. The Bertz CT molecular complexity index is 454. The Morgan fingerprint density at radius 3 is 2.57 bits per heavy atom. The van der Waals surface area contributed by atoms with Crippen molar-refractivity contribution in [2.75, 3.05) is 19.8 Å². The van der Waals surface area contributed by atoms with E-state index in [1.54, 1.807) is 12.1 Å². The van der Waals surface area contributed by atoms with Gasteiger partial charge in [-0.05, 0) is 38.5 Å². The van der Waals surface area contributed by atoms with Crippen LogP contribution in [0.3, 0.4) is 0 Å². The van der Waals surface area contributed by atoms with Gasteiger partial charge in [0.15, 0.2) is 0 Å². The Labute approximate surface area is 131 Å². The van der Waals surface area contributed by atoms with Gasteiger partial charge in [0.2, 0.25) is 0 Å². The van der Waals surface area contributed by atoms with Gasteiger partial charge in [0.05, 0.1) is 18.8 Å². The quantitative estimate of drug-likeness (QED) is 0.567. The summed E-state index contributed by atoms with van der Waals surface area (Å²) in [7, 11) is 0. The zero-order valence-electron chi connectivity index (χ0n) is 13.0. The van der Waals surface area contributed by atoms with Crippen LogP contribution in [0.15, 0.2) is 24.3 Å². The zero-order chi connectivity index (χ0) is 15.9. The summed E-state index contributed by atoms with van der Waals surface area (Å²) in [6.07, 6.45) is -0.351. The van der Waals surface area contributed by atoms with Crippen LogP contribution in [0.4, 0.5) is 0 Å². The fourth-order valence-corrected chi connectivity index (χ4v) is 1.88. The van der Waals surface area contributed by atoms with E-state index in [1.807, 2.05) is 32.9 Å². The van der Waals surface area contributed by atoms with Crippen LogP contribution in [-0.2, 0) is 19.0 Å². The maximum Gasteiger partial charge on any atom is 0.302 e. The first-order valence-corrected chi connectivity index (χ1v) is 7.30. The molecule has 0 aliphatic heterocycles. The van der Waals surface area contributed by atoms with E-state index >= 15 is 0 Å². The van der Waals surface area contributed by atoms with Crippen molar-refractivity contribution in [1.29, 1.82) is 0 Å². The van der Waals surface area contributed by atoms with Crippen LogP contribution >= 0.6 is 11.6 Å². The lowest BCUT2D eigenvalue weighted by Crippen LogP contribution is -2.23. The lowest BCUT2D eigenvalue weighted by molar-refractivity contribution is -0.146. The highest BCUT2D eigenvalue weighted by atomic mass is 35.5. The molecule has 0 N–H and O–H groups in total. The summed E-state index contributed by atoms with van der Waals surface area (Å²) in [5.41, 5.74) is 0.671. The highest BCUT2D eigenvalue weighted by Gasteiger charge is 2.15. The van der Waals surface area contributed by atoms with Gasteiger partial charge in [-0.2, -0.15) is 0 Å². The van der Waals surface area contributed by atoms with Crippen molar-refractivity contribution in [3.05, 3.63) is 34.9 Å². The average molecular weight is 315 g/mol. The van der Waals surface area contributed by atoms with E-state index in [-0.39, 0.29) is 24.3 Å². The van der Waals surface area contributed by atoms with Crippen molar-refractivity contribution in [2.24, 2.45) is 0 Å². The van der Waals surface area contributed by atoms with Crippen LogP contribution < -0.4 is 0 Å². The molecule has 0 aromatic heterocycles. The minimum atomic E-state index is -0.351. The molecule has 4 nitrogen and oxygen atoms in total. The molecule has 1 rings (SSSR count). The molecular weight excluding hydrogens is 292 g/mol. The molecule has 0 spiro atoms. The third kappa shape index (κ3) is 8.05. The van der Waals surface area contributed by atoms with E-state index in [1.165, 1.54) is 6.92 Å². The molecule has 0 amide bonds. The molecule has 0 radical (unpaired) electrons. The second kappa shape index (κ2) is 8.37. The maximum absolute atomic E-state index is 11.0. The molecule has 0 aliphatic carbocycles. The fraction of sp³-hybridized carbons (Fsp3) is 0.562. The van der Waals surface area contributed by atoms with Crippen LogP contribution in [0.5, 0.6) is 0 Å². The van der Waals surface area contributed by atoms with E-state index in [0.717, 1.165) is 5.56 Å². The largest absolute Gasteiger partial charge is 0.463 e. The molecule has 0 bridgehead atoms. The van der Waals surface area contributed by atoms with Gasteiger partial charge >= 0.3 is 5.97 Å². The zero-order valence-corrected chi connectivity index (χ0v) is 13.8. The van der Waals surface area contributed by atoms with Crippen LogP contribution in [0.25, 0.3) is 0 Å². The standard InChI is InChI=1S/C16H23ClO4/c1-12(18)20-11-15(13-6-5-7-14(17)10-13)19-8-9-21-16(2,3)4/h5-7,10,15H,8-9,11H2,1-4H3. The molecule has 1 unspecified atom stereocenters. The van der Waals surface area contributed by atoms with Crippen LogP contribution in [-0.4, -0.2) is 31.4 Å². The van der Waals surface area contributed by atoms with Gasteiger partial charge in [0.1, 0.15) is 12.7 Å². The third-order valence-corrected chi connectivity index (χ3v) is 2.83. The minimum Gasteiger partial charge on any atom is -0.463 e. The number of rotatable bonds is 7. The minimum absolute atomic E-state index is 0.158. The number of halogens is 1. The van der Waals surface area contributed by atoms with Gasteiger partial charge in [0, 0.05) is 11.9 Å². The predicted molar refractivity (Wildman–Crippen MR) is 82.5 cm³/mol. The summed E-state index contributed by atoms with van der Waals surface area (Å²) in [6.45, 7) is 8.38. The summed E-state index contributed by atoms with van der Waals surface area (Å²) >= 11 is 5.98. The van der Waals surface area contributed by atoms with Crippen LogP contribution in [0.2, 0.25) is 5.02 Å². The Balaban J connectivity index is 2.58. The molecule has 118 valence electrons. The molecule has 0 saturated heterocycles. The highest BCUT2D eigenvalue weighted by molar-refractivity contribution is 6.30. The second-order valence-electron chi connectivity index (χ2n) is 5.68. The summed E-state index contributed by atoms with van der Waals surface area (Å²) in [5.74, 6) is -0.337.